The van der Waals surface area contributed by atoms with Crippen LogP contribution < -0.4 is 5.32 Å². The Morgan fingerprint density at radius 1 is 1.50 bits per heavy atom. The van der Waals surface area contributed by atoms with Gasteiger partial charge in [-0.3, -0.25) is 4.79 Å². The molecule has 3 atom stereocenters. The van der Waals surface area contributed by atoms with Crippen LogP contribution in [0.4, 0.5) is 4.79 Å². The number of carboxylic acid groups (broad SMARTS) is 1. The van der Waals surface area contributed by atoms with Gasteiger partial charge in [-0.05, 0) is 24.2 Å². The highest BCUT2D eigenvalue weighted by atomic mass is 16.4. The van der Waals surface area contributed by atoms with Gasteiger partial charge < -0.3 is 15.3 Å². The van der Waals surface area contributed by atoms with Gasteiger partial charge in [0.2, 0.25) is 0 Å². The molecule has 1 fully saturated rings. The van der Waals surface area contributed by atoms with E-state index in [9.17, 15) is 9.59 Å². The molecule has 3 unspecified atom stereocenters. The first kappa shape index (κ1) is 14.8. The van der Waals surface area contributed by atoms with Crippen molar-refractivity contribution in [2.45, 2.75) is 33.1 Å². The lowest BCUT2D eigenvalue weighted by Gasteiger charge is -2.20. The molecule has 18 heavy (non-hydrogen) atoms. The van der Waals surface area contributed by atoms with E-state index in [0.717, 1.165) is 18.9 Å². The molecule has 1 saturated carbocycles. The molecule has 5 nitrogen and oxygen atoms in total. The van der Waals surface area contributed by atoms with Crippen LogP contribution in [0.1, 0.15) is 33.1 Å². The standard InChI is InChI=1S/C13H24N2O3/c1-4-10(6-12(16)17)7-14-13(18)15(3)8-11-5-9(11)2/h9-11H,4-8H2,1-3H3,(H,14,18)(H,16,17). The van der Waals surface area contributed by atoms with Crippen LogP contribution in [0, 0.1) is 17.8 Å². The number of hydrogen-bond acceptors (Lipinski definition) is 2. The van der Waals surface area contributed by atoms with Gasteiger partial charge in [-0.2, -0.15) is 0 Å². The summed E-state index contributed by atoms with van der Waals surface area (Å²) in [6.07, 6.45) is 2.07. The average molecular weight is 256 g/mol. The fourth-order valence-electron chi connectivity index (χ4n) is 2.06. The smallest absolute Gasteiger partial charge is 0.317 e. The lowest BCUT2D eigenvalue weighted by Crippen LogP contribution is -2.40. The summed E-state index contributed by atoms with van der Waals surface area (Å²) in [5.74, 6) is 0.577. The van der Waals surface area contributed by atoms with Crippen LogP contribution in [-0.2, 0) is 4.79 Å². The van der Waals surface area contributed by atoms with Gasteiger partial charge in [0.25, 0.3) is 0 Å². The van der Waals surface area contributed by atoms with Gasteiger partial charge in [0.1, 0.15) is 0 Å². The molecule has 0 saturated heterocycles. The summed E-state index contributed by atoms with van der Waals surface area (Å²) in [7, 11) is 1.79. The third kappa shape index (κ3) is 4.94. The van der Waals surface area contributed by atoms with E-state index in [1.807, 2.05) is 6.92 Å². The predicted octanol–water partition coefficient (Wildman–Crippen LogP) is 1.78. The van der Waals surface area contributed by atoms with Crippen molar-refractivity contribution in [3.8, 4) is 0 Å². The molecular formula is C13H24N2O3. The molecule has 1 aliphatic carbocycles. The van der Waals surface area contributed by atoms with Crippen molar-refractivity contribution in [2.75, 3.05) is 20.1 Å². The van der Waals surface area contributed by atoms with Crippen LogP contribution in [0.2, 0.25) is 0 Å². The first-order valence-corrected chi connectivity index (χ1v) is 6.64. The number of carbonyl (C=O) groups is 2. The van der Waals surface area contributed by atoms with Gasteiger partial charge in [0.05, 0.1) is 0 Å². The van der Waals surface area contributed by atoms with Gasteiger partial charge >= 0.3 is 12.0 Å². The van der Waals surface area contributed by atoms with Crippen LogP contribution in [0.3, 0.4) is 0 Å². The Kier molecular flexibility index (Phi) is 5.44. The lowest BCUT2D eigenvalue weighted by molar-refractivity contribution is -0.138. The Hall–Kier alpha value is -1.26. The maximum Gasteiger partial charge on any atom is 0.317 e. The van der Waals surface area contributed by atoms with Crippen molar-refractivity contribution >= 4 is 12.0 Å². The number of carboxylic acids is 1. The SMILES string of the molecule is CCC(CNC(=O)N(C)CC1CC1C)CC(=O)O. The van der Waals surface area contributed by atoms with Crippen molar-refractivity contribution in [1.82, 2.24) is 10.2 Å². The molecule has 1 aliphatic rings. The minimum Gasteiger partial charge on any atom is -0.481 e. The molecule has 104 valence electrons. The molecule has 5 heteroatoms. The zero-order valence-electron chi connectivity index (χ0n) is 11.5. The van der Waals surface area contributed by atoms with E-state index >= 15 is 0 Å². The quantitative estimate of drug-likeness (QED) is 0.729. The maximum absolute atomic E-state index is 11.8. The molecule has 0 spiro atoms. The molecule has 2 amide bonds. The summed E-state index contributed by atoms with van der Waals surface area (Å²) in [6, 6.07) is -0.0991. The number of amides is 2. The summed E-state index contributed by atoms with van der Waals surface area (Å²) in [5.41, 5.74) is 0. The molecule has 0 aromatic rings. The van der Waals surface area contributed by atoms with Gasteiger partial charge in [-0.1, -0.05) is 20.3 Å². The first-order chi connectivity index (χ1) is 8.43. The molecule has 0 radical (unpaired) electrons. The minimum absolute atomic E-state index is 0.0136. The van der Waals surface area contributed by atoms with Gasteiger partial charge in [-0.15, -0.1) is 0 Å². The zero-order chi connectivity index (χ0) is 13.7. The highest BCUT2D eigenvalue weighted by Crippen LogP contribution is 2.37. The van der Waals surface area contributed by atoms with E-state index in [0.29, 0.717) is 12.5 Å². The average Bonchev–Trinajstić information content (AvgIpc) is 2.99. The number of rotatable bonds is 7. The molecule has 0 aliphatic heterocycles. The molecule has 0 bridgehead atoms. The number of nitrogens with zero attached hydrogens (tertiary/aromatic N) is 1. The second kappa shape index (κ2) is 6.61. The van der Waals surface area contributed by atoms with Crippen LogP contribution in [0.25, 0.3) is 0 Å². The van der Waals surface area contributed by atoms with E-state index in [2.05, 4.69) is 12.2 Å². The Balaban J connectivity index is 2.23. The van der Waals surface area contributed by atoms with Crippen molar-refractivity contribution in [3.63, 3.8) is 0 Å². The molecule has 0 aromatic heterocycles. The van der Waals surface area contributed by atoms with Gasteiger partial charge in [-0.25, -0.2) is 4.79 Å². The van der Waals surface area contributed by atoms with Crippen molar-refractivity contribution in [1.29, 1.82) is 0 Å². The third-order valence-corrected chi connectivity index (χ3v) is 3.71. The Morgan fingerprint density at radius 3 is 2.56 bits per heavy atom. The van der Waals surface area contributed by atoms with Gasteiger partial charge in [0.15, 0.2) is 0 Å². The largest absolute Gasteiger partial charge is 0.481 e. The van der Waals surface area contributed by atoms with Crippen molar-refractivity contribution in [2.24, 2.45) is 17.8 Å². The summed E-state index contributed by atoms with van der Waals surface area (Å²) in [4.78, 5) is 24.1. The first-order valence-electron chi connectivity index (χ1n) is 6.64. The third-order valence-electron chi connectivity index (χ3n) is 3.71. The highest BCUT2D eigenvalue weighted by Gasteiger charge is 2.34. The van der Waals surface area contributed by atoms with Crippen LogP contribution in [-0.4, -0.2) is 42.1 Å². The summed E-state index contributed by atoms with van der Waals surface area (Å²) < 4.78 is 0. The highest BCUT2D eigenvalue weighted by molar-refractivity contribution is 5.74. The Bertz CT molecular complexity index is 307. The van der Waals surface area contributed by atoms with E-state index < -0.39 is 5.97 Å². The van der Waals surface area contributed by atoms with Crippen molar-refractivity contribution < 1.29 is 14.7 Å². The second-order valence-corrected chi connectivity index (χ2v) is 5.41. The number of urea groups is 1. The maximum atomic E-state index is 11.8. The summed E-state index contributed by atoms with van der Waals surface area (Å²) in [5, 5.41) is 11.5. The van der Waals surface area contributed by atoms with Gasteiger partial charge in [0, 0.05) is 26.6 Å². The summed E-state index contributed by atoms with van der Waals surface area (Å²) >= 11 is 0. The summed E-state index contributed by atoms with van der Waals surface area (Å²) in [6.45, 7) is 5.36. The van der Waals surface area contributed by atoms with E-state index in [-0.39, 0.29) is 18.4 Å². The zero-order valence-corrected chi connectivity index (χ0v) is 11.5. The molecule has 2 N–H and O–H groups in total. The predicted molar refractivity (Wildman–Crippen MR) is 69.3 cm³/mol. The number of nitrogens with one attached hydrogen (secondary N) is 1. The number of aliphatic carboxylic acids is 1. The van der Waals surface area contributed by atoms with Crippen LogP contribution in [0.15, 0.2) is 0 Å². The van der Waals surface area contributed by atoms with E-state index in [1.54, 1.807) is 11.9 Å². The minimum atomic E-state index is -0.809. The van der Waals surface area contributed by atoms with E-state index in [4.69, 9.17) is 5.11 Å². The number of hydrogen-bond donors (Lipinski definition) is 2. The van der Waals surface area contributed by atoms with Crippen LogP contribution in [0.5, 0.6) is 0 Å². The molecule has 1 rings (SSSR count). The normalized spacial score (nSPS) is 23.3. The Labute approximate surface area is 109 Å². The fraction of sp³-hybridized carbons (Fsp3) is 0.846. The Morgan fingerprint density at radius 2 is 2.11 bits per heavy atom. The van der Waals surface area contributed by atoms with E-state index in [1.165, 1.54) is 6.42 Å². The molecule has 0 heterocycles. The molecule has 0 aromatic carbocycles. The monoisotopic (exact) mass is 256 g/mol. The molecular weight excluding hydrogens is 232 g/mol. The fourth-order valence-corrected chi connectivity index (χ4v) is 2.06. The second-order valence-electron chi connectivity index (χ2n) is 5.41. The lowest BCUT2D eigenvalue weighted by atomic mass is 10.0. The number of carbonyl (C=O) groups excluding carboxylic acids is 1. The van der Waals surface area contributed by atoms with Crippen LogP contribution >= 0.6 is 0 Å². The topological polar surface area (TPSA) is 69.6 Å². The van der Waals surface area contributed by atoms with Crippen molar-refractivity contribution in [3.05, 3.63) is 0 Å².